The summed E-state index contributed by atoms with van der Waals surface area (Å²) in [5, 5.41) is 0. The zero-order chi connectivity index (χ0) is 47.5. The maximum atomic E-state index is 13.0. The van der Waals surface area contributed by atoms with Crippen LogP contribution in [0.2, 0.25) is 0 Å². The van der Waals surface area contributed by atoms with Gasteiger partial charge >= 0.3 is 29.8 Å². The van der Waals surface area contributed by atoms with E-state index in [-0.39, 0.29) is 34.6 Å². The molecule has 0 fully saturated rings. The Hall–Kier alpha value is -7.47. The molecule has 12 nitrogen and oxygen atoms in total. The van der Waals surface area contributed by atoms with Crippen LogP contribution in [0.5, 0.6) is 28.7 Å². The Balaban J connectivity index is 0.976. The zero-order valence-corrected chi connectivity index (χ0v) is 37.8. The van der Waals surface area contributed by atoms with Crippen LogP contribution in [0.3, 0.4) is 0 Å². The van der Waals surface area contributed by atoms with Crippen LogP contribution in [-0.2, 0) is 19.1 Å². The number of hydrogen-bond donors (Lipinski definition) is 0. The van der Waals surface area contributed by atoms with Crippen LogP contribution in [0.25, 0.3) is 11.1 Å². The minimum absolute atomic E-state index is 0.150. The van der Waals surface area contributed by atoms with Gasteiger partial charge in [0.25, 0.3) is 0 Å². The van der Waals surface area contributed by atoms with E-state index in [0.29, 0.717) is 43.3 Å². The monoisotopic (exact) mass is 910 g/mol. The second-order valence-corrected chi connectivity index (χ2v) is 15.5. The third kappa shape index (κ3) is 18.5. The first-order valence-corrected chi connectivity index (χ1v) is 22.7. The van der Waals surface area contributed by atoms with Crippen molar-refractivity contribution < 1.29 is 57.1 Å². The fraction of sp³-hybridized carbons (Fsp3) is 0.291. The maximum absolute atomic E-state index is 13.0. The van der Waals surface area contributed by atoms with E-state index in [2.05, 4.69) is 13.2 Å². The van der Waals surface area contributed by atoms with Gasteiger partial charge in [-0.3, -0.25) is 4.79 Å². The van der Waals surface area contributed by atoms with Crippen LogP contribution >= 0.6 is 0 Å². The molecule has 0 saturated carbocycles. The number of unbranched alkanes of at least 4 members (excludes halogenated alkanes) is 10. The molecule has 0 aliphatic carbocycles. The number of hydrogen-bond acceptors (Lipinski definition) is 12. The quantitative estimate of drug-likeness (QED) is 0.0148. The molecule has 0 aliphatic rings. The summed E-state index contributed by atoms with van der Waals surface area (Å²) in [5.74, 6) is -0.284. The smallest absolute Gasteiger partial charge is 0.343 e. The maximum Gasteiger partial charge on any atom is 0.343 e. The average molecular weight is 911 g/mol. The molecule has 67 heavy (non-hydrogen) atoms. The molecular formula is C55H58O12. The Kier molecular flexibility index (Phi) is 21.4. The van der Waals surface area contributed by atoms with E-state index in [9.17, 15) is 24.0 Å². The van der Waals surface area contributed by atoms with Crippen molar-refractivity contribution in [2.75, 3.05) is 19.8 Å². The molecule has 0 unspecified atom stereocenters. The number of carbonyl (C=O) groups is 5. The summed E-state index contributed by atoms with van der Waals surface area (Å²) in [6, 6.07) is 33.8. The third-order valence-corrected chi connectivity index (χ3v) is 10.4. The Bertz CT molecular complexity index is 2350. The molecule has 5 aromatic rings. The summed E-state index contributed by atoms with van der Waals surface area (Å²) in [6.45, 7) is 8.40. The predicted molar refractivity (Wildman–Crippen MR) is 255 cm³/mol. The molecule has 0 aliphatic heterocycles. The van der Waals surface area contributed by atoms with Crippen LogP contribution in [-0.4, -0.2) is 49.7 Å². The first-order valence-electron chi connectivity index (χ1n) is 22.7. The molecule has 0 atom stereocenters. The first-order chi connectivity index (χ1) is 32.7. The topological polar surface area (TPSA) is 150 Å². The Morgan fingerprint density at radius 2 is 0.836 bits per heavy atom. The van der Waals surface area contributed by atoms with Gasteiger partial charge in [-0.25, -0.2) is 19.2 Å². The molecule has 5 aromatic carbocycles. The molecule has 5 rings (SSSR count). The molecule has 350 valence electrons. The average Bonchev–Trinajstić information content (AvgIpc) is 3.35. The normalized spacial score (nSPS) is 10.6. The van der Waals surface area contributed by atoms with Crippen molar-refractivity contribution >= 4 is 29.8 Å². The number of ether oxygens (including phenoxy) is 7. The highest BCUT2D eigenvalue weighted by molar-refractivity contribution is 5.94. The van der Waals surface area contributed by atoms with Crippen molar-refractivity contribution in [3.05, 3.63) is 164 Å². The lowest BCUT2D eigenvalue weighted by atomic mass is 10.0. The third-order valence-electron chi connectivity index (χ3n) is 10.4. The summed E-state index contributed by atoms with van der Waals surface area (Å²) in [6.07, 6.45) is 14.6. The van der Waals surface area contributed by atoms with Gasteiger partial charge in [0.1, 0.15) is 28.7 Å². The SMILES string of the molecule is C=COC(=O)CCCCCCCCOc1ccc(OC(=O)c2cccc(OC(=O)c3ccc(OC(=O)c4ccc(-c5ccc(OCCCCCCCCOC(=O)C=C)cc5)cc4)cc3)c2)cc1. The molecule has 0 N–H and O–H groups in total. The van der Waals surface area contributed by atoms with Gasteiger partial charge in [-0.1, -0.05) is 94.9 Å². The van der Waals surface area contributed by atoms with Gasteiger partial charge in [0.15, 0.2) is 0 Å². The Labute approximate surface area is 392 Å². The summed E-state index contributed by atoms with van der Waals surface area (Å²) in [7, 11) is 0. The Morgan fingerprint density at radius 3 is 1.37 bits per heavy atom. The second-order valence-electron chi connectivity index (χ2n) is 15.5. The van der Waals surface area contributed by atoms with E-state index in [1.165, 1.54) is 36.4 Å². The minimum Gasteiger partial charge on any atom is -0.494 e. The summed E-state index contributed by atoms with van der Waals surface area (Å²) in [5.41, 5.74) is 2.67. The van der Waals surface area contributed by atoms with Crippen molar-refractivity contribution in [2.24, 2.45) is 0 Å². The van der Waals surface area contributed by atoms with E-state index in [1.807, 2.05) is 36.4 Å². The number of carbonyl (C=O) groups excluding carboxylic acids is 5. The molecule has 0 heterocycles. The summed E-state index contributed by atoms with van der Waals surface area (Å²) in [4.78, 5) is 61.3. The van der Waals surface area contributed by atoms with Crippen LogP contribution < -0.4 is 23.7 Å². The molecule has 0 saturated heterocycles. The van der Waals surface area contributed by atoms with Crippen LogP contribution in [0.1, 0.15) is 115 Å². The fourth-order valence-corrected chi connectivity index (χ4v) is 6.74. The lowest BCUT2D eigenvalue weighted by Crippen LogP contribution is -2.11. The van der Waals surface area contributed by atoms with Crippen molar-refractivity contribution in [2.45, 2.75) is 83.5 Å². The number of rotatable bonds is 29. The molecule has 0 spiro atoms. The van der Waals surface area contributed by atoms with Crippen molar-refractivity contribution in [1.29, 1.82) is 0 Å². The lowest BCUT2D eigenvalue weighted by Gasteiger charge is -2.09. The van der Waals surface area contributed by atoms with Crippen molar-refractivity contribution in [3.63, 3.8) is 0 Å². The number of benzene rings is 5. The Morgan fingerprint density at radius 1 is 0.418 bits per heavy atom. The fourth-order valence-electron chi connectivity index (χ4n) is 6.74. The summed E-state index contributed by atoms with van der Waals surface area (Å²) < 4.78 is 38.1. The zero-order valence-electron chi connectivity index (χ0n) is 37.8. The van der Waals surface area contributed by atoms with Gasteiger partial charge in [-0.15, -0.1) is 0 Å². The van der Waals surface area contributed by atoms with Crippen LogP contribution in [0.15, 0.2) is 147 Å². The first kappa shape index (κ1) is 50.5. The van der Waals surface area contributed by atoms with Gasteiger partial charge in [0.2, 0.25) is 0 Å². The minimum atomic E-state index is -0.664. The van der Waals surface area contributed by atoms with Gasteiger partial charge < -0.3 is 33.2 Å². The molecule has 0 bridgehead atoms. The standard InChI is InChI=1S/C55H58O12/c1-3-51(56)64-39-16-12-8-7-11-15-37-62-46-29-25-42(26-30-46)41-21-23-43(24-22-41)53(58)65-48-31-27-44(28-32-48)54(59)67-50-19-17-18-45(40-50)55(60)66-49-35-33-47(34-36-49)63-38-14-10-6-5-9-13-20-52(57)61-4-2/h3-4,17-19,21-36,40H,1-2,5-16,20,37-39H2. The van der Waals surface area contributed by atoms with Gasteiger partial charge in [-0.2, -0.15) is 0 Å². The molecular weight excluding hydrogens is 853 g/mol. The van der Waals surface area contributed by atoms with Gasteiger partial charge in [0.05, 0.1) is 42.8 Å². The lowest BCUT2D eigenvalue weighted by molar-refractivity contribution is -0.138. The van der Waals surface area contributed by atoms with Crippen molar-refractivity contribution in [3.8, 4) is 39.9 Å². The molecule has 0 amide bonds. The molecule has 0 radical (unpaired) electrons. The largest absolute Gasteiger partial charge is 0.494 e. The van der Waals surface area contributed by atoms with Crippen molar-refractivity contribution in [1.82, 2.24) is 0 Å². The van der Waals surface area contributed by atoms with E-state index < -0.39 is 17.9 Å². The van der Waals surface area contributed by atoms with E-state index in [1.54, 1.807) is 54.6 Å². The van der Waals surface area contributed by atoms with Crippen LogP contribution in [0.4, 0.5) is 0 Å². The second kappa shape index (κ2) is 28.4. The highest BCUT2D eigenvalue weighted by atomic mass is 16.6. The highest BCUT2D eigenvalue weighted by Crippen LogP contribution is 2.25. The summed E-state index contributed by atoms with van der Waals surface area (Å²) >= 11 is 0. The number of esters is 5. The predicted octanol–water partition coefficient (Wildman–Crippen LogP) is 12.3. The molecule has 0 aromatic heterocycles. The van der Waals surface area contributed by atoms with E-state index in [4.69, 9.17) is 33.2 Å². The van der Waals surface area contributed by atoms with Gasteiger partial charge in [-0.05, 0) is 128 Å². The van der Waals surface area contributed by atoms with E-state index in [0.717, 1.165) is 100 Å². The molecule has 12 heteroatoms. The highest BCUT2D eigenvalue weighted by Gasteiger charge is 2.15. The van der Waals surface area contributed by atoms with Gasteiger partial charge in [0, 0.05) is 12.5 Å². The van der Waals surface area contributed by atoms with E-state index >= 15 is 0 Å². The van der Waals surface area contributed by atoms with Crippen LogP contribution in [0, 0.1) is 0 Å².